The minimum absolute atomic E-state index is 0.278. The van der Waals surface area contributed by atoms with Gasteiger partial charge in [0.2, 0.25) is 0 Å². The number of carboxylic acids is 1. The smallest absolute Gasteiger partial charge is 0.316 e. The summed E-state index contributed by atoms with van der Waals surface area (Å²) in [6.07, 6.45) is 0. The summed E-state index contributed by atoms with van der Waals surface area (Å²) >= 11 is 0. The molecule has 2 aromatic rings. The van der Waals surface area contributed by atoms with Crippen molar-refractivity contribution in [3.05, 3.63) is 36.0 Å². The molecule has 1 aromatic heterocycles. The number of alkyl halides is 1. The highest BCUT2D eigenvalue weighted by Crippen LogP contribution is 2.20. The maximum absolute atomic E-state index is 12.9. The average molecular weight is 405 g/mol. The SMILES string of the molecule is CC(C)[C@H](NC(=O)c1cc2ccccc2n1C)C(=O)C(C(=O)O)C(N)C(=O)CF. The van der Waals surface area contributed by atoms with Crippen LogP contribution in [-0.2, 0) is 21.4 Å². The van der Waals surface area contributed by atoms with E-state index in [0.29, 0.717) is 0 Å². The summed E-state index contributed by atoms with van der Waals surface area (Å²) in [6.45, 7) is 1.75. The number of benzene rings is 1. The van der Waals surface area contributed by atoms with Crippen LogP contribution in [0.2, 0.25) is 0 Å². The number of halogens is 1. The Hall–Kier alpha value is -3.07. The van der Waals surface area contributed by atoms with E-state index in [1.807, 2.05) is 24.3 Å². The maximum atomic E-state index is 12.9. The molecule has 0 aliphatic rings. The lowest BCUT2D eigenvalue weighted by molar-refractivity contribution is -0.150. The standard InChI is InChI=1S/C20H24FN3O5/c1-10(2)17(18(26)15(20(28)29)16(22)14(25)9-21)23-19(27)13-8-11-6-4-5-7-12(11)24(13)3/h4-8,10,15-17H,9,22H2,1-3H3,(H,23,27)(H,28,29)/t15?,16?,17-/m0/s1. The van der Waals surface area contributed by atoms with E-state index in [2.05, 4.69) is 5.32 Å². The summed E-state index contributed by atoms with van der Waals surface area (Å²) in [5.74, 6) is -6.81. The molecule has 0 saturated carbocycles. The number of nitrogens with two attached hydrogens (primary N) is 1. The second kappa shape index (κ2) is 8.95. The van der Waals surface area contributed by atoms with E-state index in [9.17, 15) is 28.7 Å². The number of carbonyl (C=O) groups excluding carboxylic acids is 3. The van der Waals surface area contributed by atoms with Crippen LogP contribution in [0.4, 0.5) is 4.39 Å². The summed E-state index contributed by atoms with van der Waals surface area (Å²) in [4.78, 5) is 48.8. The molecule has 0 bridgehead atoms. The molecule has 2 rings (SSSR count). The highest BCUT2D eigenvalue weighted by atomic mass is 19.1. The van der Waals surface area contributed by atoms with E-state index in [1.165, 1.54) is 0 Å². The maximum Gasteiger partial charge on any atom is 0.316 e. The summed E-state index contributed by atoms with van der Waals surface area (Å²) in [5, 5.41) is 12.8. The zero-order valence-corrected chi connectivity index (χ0v) is 16.4. The molecule has 4 N–H and O–H groups in total. The van der Waals surface area contributed by atoms with Crippen molar-refractivity contribution in [1.29, 1.82) is 0 Å². The number of carbonyl (C=O) groups is 4. The van der Waals surface area contributed by atoms with Crippen molar-refractivity contribution in [3.8, 4) is 0 Å². The zero-order valence-electron chi connectivity index (χ0n) is 16.4. The van der Waals surface area contributed by atoms with Gasteiger partial charge in [-0.2, -0.15) is 0 Å². The molecular formula is C20H24FN3O5. The lowest BCUT2D eigenvalue weighted by atomic mass is 9.85. The monoisotopic (exact) mass is 405 g/mol. The van der Waals surface area contributed by atoms with Gasteiger partial charge in [0, 0.05) is 18.0 Å². The number of para-hydroxylation sites is 1. The number of hydrogen-bond donors (Lipinski definition) is 3. The van der Waals surface area contributed by atoms with Gasteiger partial charge in [-0.3, -0.25) is 19.2 Å². The van der Waals surface area contributed by atoms with Gasteiger partial charge in [-0.1, -0.05) is 32.0 Å². The van der Waals surface area contributed by atoms with Gasteiger partial charge in [-0.15, -0.1) is 0 Å². The fourth-order valence-electron chi connectivity index (χ4n) is 3.21. The fraction of sp³-hybridized carbons (Fsp3) is 0.400. The molecule has 3 atom stereocenters. The van der Waals surface area contributed by atoms with Crippen LogP contribution in [0.3, 0.4) is 0 Å². The first kappa shape index (κ1) is 22.2. The number of rotatable bonds is 9. The minimum Gasteiger partial charge on any atom is -0.481 e. The zero-order chi connectivity index (χ0) is 21.9. The molecule has 0 radical (unpaired) electrons. The van der Waals surface area contributed by atoms with E-state index in [4.69, 9.17) is 5.73 Å². The van der Waals surface area contributed by atoms with Gasteiger partial charge in [-0.25, -0.2) is 4.39 Å². The van der Waals surface area contributed by atoms with Crippen molar-refractivity contribution >= 4 is 34.3 Å². The van der Waals surface area contributed by atoms with Crippen LogP contribution in [0.25, 0.3) is 10.9 Å². The normalized spacial score (nSPS) is 14.4. The second-order valence-corrected chi connectivity index (χ2v) is 7.19. The Balaban J connectivity index is 2.33. The van der Waals surface area contributed by atoms with Crippen LogP contribution < -0.4 is 11.1 Å². The predicted molar refractivity (Wildman–Crippen MR) is 104 cm³/mol. The largest absolute Gasteiger partial charge is 0.481 e. The van der Waals surface area contributed by atoms with Crippen LogP contribution in [0.5, 0.6) is 0 Å². The number of aromatic nitrogens is 1. The molecule has 156 valence electrons. The number of Topliss-reactive ketones (excluding diaryl/α,β-unsaturated/α-hetero) is 2. The number of ketones is 2. The summed E-state index contributed by atoms with van der Waals surface area (Å²) in [5.41, 5.74) is 6.61. The molecular weight excluding hydrogens is 381 g/mol. The van der Waals surface area contributed by atoms with Crippen LogP contribution in [0.1, 0.15) is 24.3 Å². The highest BCUT2D eigenvalue weighted by Gasteiger charge is 2.41. The summed E-state index contributed by atoms with van der Waals surface area (Å²) < 4.78 is 14.3. The van der Waals surface area contributed by atoms with Gasteiger partial charge in [0.15, 0.2) is 11.6 Å². The van der Waals surface area contributed by atoms with Crippen molar-refractivity contribution < 1.29 is 28.7 Å². The third-order valence-corrected chi connectivity index (χ3v) is 4.88. The van der Waals surface area contributed by atoms with Gasteiger partial charge >= 0.3 is 5.97 Å². The Bertz CT molecular complexity index is 953. The van der Waals surface area contributed by atoms with Gasteiger partial charge in [0.1, 0.15) is 18.3 Å². The van der Waals surface area contributed by atoms with E-state index in [-0.39, 0.29) is 5.69 Å². The Morgan fingerprint density at radius 1 is 1.21 bits per heavy atom. The van der Waals surface area contributed by atoms with Gasteiger partial charge in [0.05, 0.1) is 12.1 Å². The Labute approximate surface area is 166 Å². The molecule has 0 saturated heterocycles. The highest BCUT2D eigenvalue weighted by molar-refractivity contribution is 6.08. The Morgan fingerprint density at radius 2 is 1.83 bits per heavy atom. The van der Waals surface area contributed by atoms with Crippen LogP contribution in [-0.4, -0.2) is 51.9 Å². The third-order valence-electron chi connectivity index (χ3n) is 4.88. The molecule has 0 fully saturated rings. The van der Waals surface area contributed by atoms with Crippen LogP contribution in [0, 0.1) is 11.8 Å². The van der Waals surface area contributed by atoms with Crippen molar-refractivity contribution in [3.63, 3.8) is 0 Å². The van der Waals surface area contributed by atoms with Gasteiger partial charge in [0.25, 0.3) is 5.91 Å². The molecule has 1 aromatic carbocycles. The van der Waals surface area contributed by atoms with Crippen molar-refractivity contribution in [1.82, 2.24) is 9.88 Å². The van der Waals surface area contributed by atoms with Crippen molar-refractivity contribution in [2.24, 2.45) is 24.6 Å². The molecule has 1 heterocycles. The van der Waals surface area contributed by atoms with E-state index >= 15 is 0 Å². The number of nitrogens with one attached hydrogen (secondary N) is 1. The Kier molecular flexibility index (Phi) is 6.86. The minimum atomic E-state index is -1.96. The van der Waals surface area contributed by atoms with Gasteiger partial charge < -0.3 is 20.7 Å². The first-order valence-electron chi connectivity index (χ1n) is 9.06. The lowest BCUT2D eigenvalue weighted by Crippen LogP contribution is -2.55. The van der Waals surface area contributed by atoms with Crippen LogP contribution in [0.15, 0.2) is 30.3 Å². The second-order valence-electron chi connectivity index (χ2n) is 7.19. The predicted octanol–water partition coefficient (Wildman–Crippen LogP) is 1.07. The number of aliphatic carboxylic acids is 1. The van der Waals surface area contributed by atoms with E-state index in [0.717, 1.165) is 10.9 Å². The fourth-order valence-corrected chi connectivity index (χ4v) is 3.21. The number of hydrogen-bond acceptors (Lipinski definition) is 5. The van der Waals surface area contributed by atoms with Crippen molar-refractivity contribution in [2.75, 3.05) is 6.67 Å². The molecule has 0 aliphatic carbocycles. The molecule has 2 unspecified atom stereocenters. The molecule has 1 amide bonds. The lowest BCUT2D eigenvalue weighted by Gasteiger charge is -2.26. The quantitative estimate of drug-likeness (QED) is 0.535. The van der Waals surface area contributed by atoms with E-state index in [1.54, 1.807) is 31.5 Å². The van der Waals surface area contributed by atoms with Crippen LogP contribution >= 0.6 is 0 Å². The molecule has 29 heavy (non-hydrogen) atoms. The van der Waals surface area contributed by atoms with Gasteiger partial charge in [-0.05, 0) is 18.1 Å². The molecule has 0 aliphatic heterocycles. The number of fused-ring (bicyclic) bond motifs is 1. The number of aryl methyl sites for hydroxylation is 1. The topological polar surface area (TPSA) is 131 Å². The number of nitrogens with zero attached hydrogens (tertiary/aromatic N) is 1. The third kappa shape index (κ3) is 4.51. The van der Waals surface area contributed by atoms with Crippen molar-refractivity contribution in [2.45, 2.75) is 25.9 Å². The average Bonchev–Trinajstić information content (AvgIpc) is 3.01. The van der Waals surface area contributed by atoms with E-state index < -0.39 is 54.0 Å². The summed E-state index contributed by atoms with van der Waals surface area (Å²) in [7, 11) is 1.69. The number of amides is 1. The number of carboxylic acid groups (broad SMARTS) is 1. The molecule has 9 heteroatoms. The molecule has 8 nitrogen and oxygen atoms in total. The first-order valence-corrected chi connectivity index (χ1v) is 9.06. The first-order chi connectivity index (χ1) is 13.6. The summed E-state index contributed by atoms with van der Waals surface area (Å²) in [6, 6.07) is 5.91. The Morgan fingerprint density at radius 3 is 2.34 bits per heavy atom. The molecule has 0 spiro atoms.